The molecule has 1 N–H and O–H groups in total. The highest BCUT2D eigenvalue weighted by Crippen LogP contribution is 2.29. The maximum absolute atomic E-state index is 12.3. The minimum absolute atomic E-state index is 0.188. The van der Waals surface area contributed by atoms with E-state index < -0.39 is 11.7 Å². The molecule has 1 aromatic rings. The third kappa shape index (κ3) is 3.92. The SMILES string of the molecule is CC(=O)NCCc1cccc(C(F)(F)F)c1. The minimum Gasteiger partial charge on any atom is -0.356 e. The number of alkyl halides is 3. The Kier molecular flexibility index (Phi) is 3.93. The van der Waals surface area contributed by atoms with Gasteiger partial charge in [0.05, 0.1) is 5.56 Å². The number of carbonyl (C=O) groups is 1. The molecule has 1 amide bonds. The van der Waals surface area contributed by atoms with Gasteiger partial charge in [0, 0.05) is 13.5 Å². The van der Waals surface area contributed by atoms with E-state index in [1.54, 1.807) is 6.07 Å². The van der Waals surface area contributed by atoms with Crippen molar-refractivity contribution >= 4 is 5.91 Å². The summed E-state index contributed by atoms with van der Waals surface area (Å²) in [6.45, 7) is 1.71. The number of nitrogens with one attached hydrogen (secondary N) is 1. The van der Waals surface area contributed by atoms with Gasteiger partial charge in [-0.25, -0.2) is 0 Å². The van der Waals surface area contributed by atoms with Crippen LogP contribution in [0.25, 0.3) is 0 Å². The molecular weight excluding hydrogens is 219 g/mol. The third-order valence-corrected chi connectivity index (χ3v) is 2.04. The summed E-state index contributed by atoms with van der Waals surface area (Å²) in [7, 11) is 0. The fraction of sp³-hybridized carbons (Fsp3) is 0.364. The summed E-state index contributed by atoms with van der Waals surface area (Å²) >= 11 is 0. The molecule has 5 heteroatoms. The van der Waals surface area contributed by atoms with Gasteiger partial charge in [-0.05, 0) is 18.1 Å². The Morgan fingerprint density at radius 2 is 2.06 bits per heavy atom. The van der Waals surface area contributed by atoms with Gasteiger partial charge in [0.2, 0.25) is 5.91 Å². The predicted octanol–water partition coefficient (Wildman–Crippen LogP) is 2.38. The number of halogens is 3. The topological polar surface area (TPSA) is 29.1 Å². The van der Waals surface area contributed by atoms with E-state index in [0.717, 1.165) is 12.1 Å². The molecule has 16 heavy (non-hydrogen) atoms. The second kappa shape index (κ2) is 5.01. The van der Waals surface area contributed by atoms with Crippen molar-refractivity contribution in [2.24, 2.45) is 0 Å². The monoisotopic (exact) mass is 231 g/mol. The van der Waals surface area contributed by atoms with Gasteiger partial charge in [0.25, 0.3) is 0 Å². The van der Waals surface area contributed by atoms with Gasteiger partial charge in [-0.1, -0.05) is 18.2 Å². The molecule has 0 atom stereocenters. The van der Waals surface area contributed by atoms with Gasteiger partial charge in [0.1, 0.15) is 0 Å². The summed E-state index contributed by atoms with van der Waals surface area (Å²) in [5.74, 6) is -0.188. The van der Waals surface area contributed by atoms with Crippen LogP contribution in [0.3, 0.4) is 0 Å². The van der Waals surface area contributed by atoms with Crippen LogP contribution in [-0.2, 0) is 17.4 Å². The highest BCUT2D eigenvalue weighted by atomic mass is 19.4. The minimum atomic E-state index is -4.32. The van der Waals surface area contributed by atoms with Crippen LogP contribution in [0.4, 0.5) is 13.2 Å². The molecule has 0 aliphatic carbocycles. The molecule has 0 radical (unpaired) electrons. The largest absolute Gasteiger partial charge is 0.416 e. The summed E-state index contributed by atoms with van der Waals surface area (Å²) in [5, 5.41) is 2.53. The molecule has 0 aliphatic rings. The van der Waals surface area contributed by atoms with Crippen LogP contribution in [0.2, 0.25) is 0 Å². The van der Waals surface area contributed by atoms with E-state index in [9.17, 15) is 18.0 Å². The van der Waals surface area contributed by atoms with Crippen LogP contribution >= 0.6 is 0 Å². The van der Waals surface area contributed by atoms with Crippen LogP contribution < -0.4 is 5.32 Å². The second-order valence-electron chi connectivity index (χ2n) is 3.43. The summed E-state index contributed by atoms with van der Waals surface area (Å²) in [4.78, 5) is 10.6. The highest BCUT2D eigenvalue weighted by molar-refractivity contribution is 5.72. The summed E-state index contributed by atoms with van der Waals surface area (Å²) in [5.41, 5.74) is -0.101. The van der Waals surface area contributed by atoms with E-state index in [4.69, 9.17) is 0 Å². The Morgan fingerprint density at radius 3 is 2.62 bits per heavy atom. The van der Waals surface area contributed by atoms with Gasteiger partial charge in [-0.3, -0.25) is 4.79 Å². The van der Waals surface area contributed by atoms with E-state index in [0.29, 0.717) is 18.5 Å². The molecule has 1 rings (SSSR count). The van der Waals surface area contributed by atoms with Gasteiger partial charge in [0.15, 0.2) is 0 Å². The van der Waals surface area contributed by atoms with Crippen molar-refractivity contribution in [3.8, 4) is 0 Å². The zero-order valence-electron chi connectivity index (χ0n) is 8.77. The molecule has 0 saturated carbocycles. The normalized spacial score (nSPS) is 11.2. The van der Waals surface area contributed by atoms with Gasteiger partial charge >= 0.3 is 6.18 Å². The van der Waals surface area contributed by atoms with Crippen molar-refractivity contribution in [3.63, 3.8) is 0 Å². The first-order valence-corrected chi connectivity index (χ1v) is 4.80. The Bertz CT molecular complexity index is 374. The Labute approximate surface area is 91.5 Å². The summed E-state index contributed by atoms with van der Waals surface area (Å²) < 4.78 is 37.0. The quantitative estimate of drug-likeness (QED) is 0.850. The van der Waals surface area contributed by atoms with E-state index in [-0.39, 0.29) is 5.91 Å². The van der Waals surface area contributed by atoms with Crippen molar-refractivity contribution < 1.29 is 18.0 Å². The Morgan fingerprint density at radius 1 is 1.38 bits per heavy atom. The van der Waals surface area contributed by atoms with Crippen molar-refractivity contribution in [1.82, 2.24) is 5.32 Å². The fourth-order valence-electron chi connectivity index (χ4n) is 1.29. The van der Waals surface area contributed by atoms with E-state index in [2.05, 4.69) is 5.32 Å². The van der Waals surface area contributed by atoms with Gasteiger partial charge < -0.3 is 5.32 Å². The second-order valence-corrected chi connectivity index (χ2v) is 3.43. The zero-order chi connectivity index (χ0) is 12.2. The summed E-state index contributed by atoms with van der Waals surface area (Å²) in [6.07, 6.45) is -3.92. The number of hydrogen-bond donors (Lipinski definition) is 1. The van der Waals surface area contributed by atoms with Crippen LogP contribution in [-0.4, -0.2) is 12.5 Å². The highest BCUT2D eigenvalue weighted by Gasteiger charge is 2.30. The molecule has 0 aliphatic heterocycles. The molecule has 1 aromatic carbocycles. The van der Waals surface area contributed by atoms with E-state index >= 15 is 0 Å². The smallest absolute Gasteiger partial charge is 0.356 e. The molecule has 0 unspecified atom stereocenters. The van der Waals surface area contributed by atoms with Crippen molar-refractivity contribution in [1.29, 1.82) is 0 Å². The van der Waals surface area contributed by atoms with Gasteiger partial charge in [-0.15, -0.1) is 0 Å². The van der Waals surface area contributed by atoms with E-state index in [1.807, 2.05) is 0 Å². The molecule has 0 spiro atoms. The van der Waals surface area contributed by atoms with Crippen molar-refractivity contribution in [2.45, 2.75) is 19.5 Å². The molecule has 0 heterocycles. The predicted molar refractivity (Wildman–Crippen MR) is 53.8 cm³/mol. The number of rotatable bonds is 3. The molecule has 0 fully saturated rings. The average Bonchev–Trinajstić information content (AvgIpc) is 2.16. The lowest BCUT2D eigenvalue weighted by molar-refractivity contribution is -0.137. The van der Waals surface area contributed by atoms with E-state index in [1.165, 1.54) is 13.0 Å². The molecular formula is C11H12F3NO. The van der Waals surface area contributed by atoms with Crippen molar-refractivity contribution in [2.75, 3.05) is 6.54 Å². The Balaban J connectivity index is 2.64. The number of amides is 1. The molecule has 88 valence electrons. The standard InChI is InChI=1S/C11H12F3NO/c1-8(16)15-6-5-9-3-2-4-10(7-9)11(12,13)14/h2-4,7H,5-6H2,1H3,(H,15,16). The number of hydrogen-bond acceptors (Lipinski definition) is 1. The first-order valence-electron chi connectivity index (χ1n) is 4.80. The lowest BCUT2D eigenvalue weighted by atomic mass is 10.1. The van der Waals surface area contributed by atoms with Crippen LogP contribution in [0, 0.1) is 0 Å². The number of benzene rings is 1. The molecule has 2 nitrogen and oxygen atoms in total. The Hall–Kier alpha value is -1.52. The first kappa shape index (κ1) is 12.5. The van der Waals surface area contributed by atoms with Gasteiger partial charge in [-0.2, -0.15) is 13.2 Å². The molecule has 0 bridgehead atoms. The van der Waals surface area contributed by atoms with Crippen LogP contribution in [0.15, 0.2) is 24.3 Å². The summed E-state index contributed by atoms with van der Waals surface area (Å²) in [6, 6.07) is 5.10. The fourth-order valence-corrected chi connectivity index (χ4v) is 1.29. The molecule has 0 aromatic heterocycles. The maximum atomic E-state index is 12.3. The zero-order valence-corrected chi connectivity index (χ0v) is 8.77. The lowest BCUT2D eigenvalue weighted by Crippen LogP contribution is -2.22. The lowest BCUT2D eigenvalue weighted by Gasteiger charge is -2.08. The van der Waals surface area contributed by atoms with Crippen LogP contribution in [0.5, 0.6) is 0 Å². The van der Waals surface area contributed by atoms with Crippen molar-refractivity contribution in [3.05, 3.63) is 35.4 Å². The third-order valence-electron chi connectivity index (χ3n) is 2.04. The average molecular weight is 231 g/mol. The molecule has 0 saturated heterocycles. The first-order chi connectivity index (χ1) is 7.39. The van der Waals surface area contributed by atoms with Crippen LogP contribution in [0.1, 0.15) is 18.1 Å². The maximum Gasteiger partial charge on any atom is 0.416 e. The number of carbonyl (C=O) groups excluding carboxylic acids is 1.